The average molecular weight is 281 g/mol. The van der Waals surface area contributed by atoms with Gasteiger partial charge in [-0.25, -0.2) is 0 Å². The smallest absolute Gasteiger partial charge is 0.197 e. The van der Waals surface area contributed by atoms with E-state index >= 15 is 0 Å². The second kappa shape index (κ2) is 6.66. The van der Waals surface area contributed by atoms with Gasteiger partial charge in [0.25, 0.3) is 10.2 Å². The summed E-state index contributed by atoms with van der Waals surface area (Å²) in [7, 11) is -0.608. The van der Waals surface area contributed by atoms with Crippen LogP contribution in [0.5, 0.6) is 0 Å². The summed E-state index contributed by atoms with van der Waals surface area (Å²) in [4.78, 5) is 0. The number of benzene rings is 1. The Kier molecular flexibility index (Phi) is 5.48. The summed E-state index contributed by atoms with van der Waals surface area (Å²) in [5.74, 6) is 0. The topological polar surface area (TPSA) is 64.4 Å². The van der Waals surface area contributed by atoms with Crippen molar-refractivity contribution in [1.82, 2.24) is 8.61 Å². The van der Waals surface area contributed by atoms with E-state index in [1.165, 1.54) is 24.0 Å². The second-order valence-corrected chi connectivity index (χ2v) is 6.66. The first-order valence-electron chi connectivity index (χ1n) is 5.98. The van der Waals surface area contributed by atoms with Gasteiger partial charge in [0.2, 0.25) is 0 Å². The molecule has 0 bridgehead atoms. The van der Waals surface area contributed by atoms with Gasteiger partial charge in [0.15, 0.2) is 0 Å². The number of hydrogen-bond donors (Lipinski definition) is 0. The molecule has 0 aliphatic heterocycles. The van der Waals surface area contributed by atoms with E-state index in [2.05, 4.69) is 0 Å². The van der Waals surface area contributed by atoms with Gasteiger partial charge < -0.3 is 0 Å². The Morgan fingerprint density at radius 1 is 1.21 bits per heavy atom. The van der Waals surface area contributed by atoms with Crippen molar-refractivity contribution in [2.45, 2.75) is 13.3 Å². The van der Waals surface area contributed by atoms with Crippen molar-refractivity contribution in [3.63, 3.8) is 0 Å². The maximum absolute atomic E-state index is 12.0. The van der Waals surface area contributed by atoms with Gasteiger partial charge in [0.1, 0.15) is 6.54 Å². The molecule has 19 heavy (non-hydrogen) atoms. The summed E-state index contributed by atoms with van der Waals surface area (Å²) in [6, 6.07) is 9.82. The molecule has 0 unspecified atom stereocenters. The molecule has 0 atom stereocenters. The number of nitriles is 1. The Morgan fingerprint density at radius 3 is 2.26 bits per heavy atom. The van der Waals surface area contributed by atoms with Crippen molar-refractivity contribution >= 4 is 10.2 Å². The number of nitrogens with zero attached hydrogens (tertiary/aromatic N) is 3. The fourth-order valence-electron chi connectivity index (χ4n) is 1.59. The molecule has 0 N–H and O–H groups in total. The van der Waals surface area contributed by atoms with Crippen LogP contribution < -0.4 is 0 Å². The molecular weight excluding hydrogens is 262 g/mol. The third-order valence-electron chi connectivity index (χ3n) is 2.81. The van der Waals surface area contributed by atoms with Crippen LogP contribution in [0.25, 0.3) is 0 Å². The second-order valence-electron chi connectivity index (χ2n) is 4.52. The van der Waals surface area contributed by atoms with Gasteiger partial charge in [-0.2, -0.15) is 22.3 Å². The number of rotatable bonds is 6. The molecule has 0 saturated heterocycles. The average Bonchev–Trinajstić information content (AvgIpc) is 2.36. The van der Waals surface area contributed by atoms with Crippen LogP contribution in [0.4, 0.5) is 0 Å². The molecule has 1 rings (SSSR count). The molecule has 104 valence electrons. The largest absolute Gasteiger partial charge is 0.282 e. The zero-order chi connectivity index (χ0) is 14.5. The highest BCUT2D eigenvalue weighted by Crippen LogP contribution is 2.08. The third-order valence-corrected chi connectivity index (χ3v) is 4.69. The van der Waals surface area contributed by atoms with E-state index in [0.29, 0.717) is 13.0 Å². The highest BCUT2D eigenvalue weighted by atomic mass is 32.2. The maximum atomic E-state index is 12.0. The predicted molar refractivity (Wildman–Crippen MR) is 74.7 cm³/mol. The lowest BCUT2D eigenvalue weighted by Crippen LogP contribution is -2.41. The van der Waals surface area contributed by atoms with E-state index in [-0.39, 0.29) is 6.54 Å². The predicted octanol–water partition coefficient (Wildman–Crippen LogP) is 1.17. The summed E-state index contributed by atoms with van der Waals surface area (Å²) in [5.41, 5.74) is 2.22. The molecule has 0 saturated carbocycles. The number of hydrogen-bond acceptors (Lipinski definition) is 3. The fraction of sp³-hybridized carbons (Fsp3) is 0.462. The van der Waals surface area contributed by atoms with Gasteiger partial charge in [-0.1, -0.05) is 29.8 Å². The minimum Gasteiger partial charge on any atom is -0.197 e. The van der Waals surface area contributed by atoms with Gasteiger partial charge in [-0.3, -0.25) is 0 Å². The Labute approximate surface area is 115 Å². The number of aryl methyl sites for hydroxylation is 1. The van der Waals surface area contributed by atoms with Crippen LogP contribution in [0.1, 0.15) is 11.1 Å². The molecule has 0 aliphatic carbocycles. The zero-order valence-electron chi connectivity index (χ0n) is 11.5. The van der Waals surface area contributed by atoms with E-state index in [4.69, 9.17) is 5.26 Å². The van der Waals surface area contributed by atoms with Crippen molar-refractivity contribution in [2.24, 2.45) is 0 Å². The summed E-state index contributed by atoms with van der Waals surface area (Å²) in [5, 5.41) is 8.74. The molecule has 0 aromatic heterocycles. The van der Waals surface area contributed by atoms with Crippen LogP contribution in [0, 0.1) is 18.3 Å². The molecular formula is C13H19N3O2S. The summed E-state index contributed by atoms with van der Waals surface area (Å²) in [6.45, 7) is 2.17. The first-order chi connectivity index (χ1) is 8.87. The van der Waals surface area contributed by atoms with E-state index in [1.807, 2.05) is 37.3 Å². The molecule has 0 aliphatic rings. The third kappa shape index (κ3) is 4.31. The molecule has 1 aromatic carbocycles. The van der Waals surface area contributed by atoms with Crippen molar-refractivity contribution in [3.05, 3.63) is 35.4 Å². The van der Waals surface area contributed by atoms with Gasteiger partial charge >= 0.3 is 0 Å². The lowest BCUT2D eigenvalue weighted by molar-refractivity contribution is 0.402. The zero-order valence-corrected chi connectivity index (χ0v) is 12.3. The van der Waals surface area contributed by atoms with Crippen LogP contribution in [-0.2, 0) is 16.6 Å². The van der Waals surface area contributed by atoms with Crippen LogP contribution in [-0.4, -0.2) is 44.2 Å². The molecule has 0 amide bonds. The molecule has 0 radical (unpaired) electrons. The van der Waals surface area contributed by atoms with Crippen LogP contribution in [0.3, 0.4) is 0 Å². The minimum atomic E-state index is -3.54. The molecule has 5 nitrogen and oxygen atoms in total. The minimum absolute atomic E-state index is 0.133. The van der Waals surface area contributed by atoms with Crippen LogP contribution in [0.2, 0.25) is 0 Å². The molecule has 0 spiro atoms. The Bertz CT molecular complexity index is 544. The molecule has 6 heteroatoms. The Balaban J connectivity index is 2.76. The van der Waals surface area contributed by atoms with Crippen molar-refractivity contribution in [1.29, 1.82) is 5.26 Å². The molecule has 0 fully saturated rings. The summed E-state index contributed by atoms with van der Waals surface area (Å²) < 4.78 is 26.3. The van der Waals surface area contributed by atoms with Gasteiger partial charge in [-0.05, 0) is 18.9 Å². The quantitative estimate of drug-likeness (QED) is 0.735. The maximum Gasteiger partial charge on any atom is 0.282 e. The first-order valence-corrected chi connectivity index (χ1v) is 7.37. The first kappa shape index (κ1) is 15.6. The van der Waals surface area contributed by atoms with Crippen LogP contribution >= 0.6 is 0 Å². The Morgan fingerprint density at radius 2 is 1.79 bits per heavy atom. The van der Waals surface area contributed by atoms with E-state index in [1.54, 1.807) is 0 Å². The van der Waals surface area contributed by atoms with Crippen molar-refractivity contribution in [2.75, 3.05) is 27.2 Å². The highest BCUT2D eigenvalue weighted by Gasteiger charge is 2.23. The van der Waals surface area contributed by atoms with Gasteiger partial charge in [-0.15, -0.1) is 0 Å². The normalized spacial score (nSPS) is 11.8. The highest BCUT2D eigenvalue weighted by molar-refractivity contribution is 7.86. The SMILES string of the molecule is Cc1ccc(CCN(CC#N)S(=O)(=O)N(C)C)cc1. The fourth-order valence-corrected chi connectivity index (χ4v) is 2.60. The molecule has 1 aromatic rings. The standard InChI is InChI=1S/C13H19N3O2S/c1-12-4-6-13(7-5-12)8-10-16(11-9-14)19(17,18)15(2)3/h4-7H,8,10-11H2,1-3H3. The van der Waals surface area contributed by atoms with Crippen molar-refractivity contribution < 1.29 is 8.42 Å². The lowest BCUT2D eigenvalue weighted by atomic mass is 10.1. The van der Waals surface area contributed by atoms with Crippen molar-refractivity contribution in [3.8, 4) is 6.07 Å². The monoisotopic (exact) mass is 281 g/mol. The molecule has 0 heterocycles. The summed E-state index contributed by atoms with van der Waals surface area (Å²) in [6.07, 6.45) is 0.592. The van der Waals surface area contributed by atoms with E-state index < -0.39 is 10.2 Å². The summed E-state index contributed by atoms with van der Waals surface area (Å²) >= 11 is 0. The van der Waals surface area contributed by atoms with E-state index in [9.17, 15) is 8.42 Å². The van der Waals surface area contributed by atoms with Crippen LogP contribution in [0.15, 0.2) is 24.3 Å². The van der Waals surface area contributed by atoms with Gasteiger partial charge in [0, 0.05) is 20.6 Å². The Hall–Kier alpha value is -1.42. The lowest BCUT2D eigenvalue weighted by Gasteiger charge is -2.23. The van der Waals surface area contributed by atoms with Gasteiger partial charge in [0.05, 0.1) is 6.07 Å². The van der Waals surface area contributed by atoms with E-state index in [0.717, 1.165) is 9.87 Å².